The van der Waals surface area contributed by atoms with Crippen molar-refractivity contribution in [3.8, 4) is 27.9 Å². The zero-order chi connectivity index (χ0) is 42.9. The number of nitrogens with zero attached hydrogens (tertiary/aromatic N) is 4. The summed E-state index contributed by atoms with van der Waals surface area (Å²) in [5, 5.41) is 8.78. The molecule has 10 rings (SSSR count). The molecular weight excluding hydrogens is 805 g/mol. The van der Waals surface area contributed by atoms with Gasteiger partial charge in [0.05, 0.1) is 16.7 Å². The van der Waals surface area contributed by atoms with E-state index in [0.29, 0.717) is 25.1 Å². The molecule has 62 heavy (non-hydrogen) atoms. The minimum atomic E-state index is -0.275. The van der Waals surface area contributed by atoms with Crippen molar-refractivity contribution in [2.24, 2.45) is 20.0 Å². The first-order valence-corrected chi connectivity index (χ1v) is 24.0. The highest BCUT2D eigenvalue weighted by atomic mass is 33.1. The summed E-state index contributed by atoms with van der Waals surface area (Å²) in [5.74, 6) is 1.72. The lowest BCUT2D eigenvalue weighted by Gasteiger charge is -2.25. The number of pyridine rings is 2. The summed E-state index contributed by atoms with van der Waals surface area (Å²) in [7, 11) is 7.63. The van der Waals surface area contributed by atoms with Gasteiger partial charge in [0.2, 0.25) is 11.6 Å². The molecule has 3 aromatic carbocycles. The van der Waals surface area contributed by atoms with Crippen LogP contribution in [0, 0.1) is 5.92 Å². The van der Waals surface area contributed by atoms with Gasteiger partial charge in [-0.25, -0.2) is 0 Å². The van der Waals surface area contributed by atoms with Crippen LogP contribution in [0.1, 0.15) is 61.4 Å². The highest BCUT2D eigenvalue weighted by molar-refractivity contribution is 8.76. The number of aryl methyl sites for hydroxylation is 2. The second kappa shape index (κ2) is 15.5. The van der Waals surface area contributed by atoms with Crippen LogP contribution >= 0.6 is 21.6 Å². The van der Waals surface area contributed by atoms with Crippen molar-refractivity contribution in [2.75, 3.05) is 24.6 Å². The first-order valence-electron chi connectivity index (χ1n) is 21.5. The summed E-state index contributed by atoms with van der Waals surface area (Å²) in [4.78, 5) is 26.7. The van der Waals surface area contributed by atoms with Gasteiger partial charge in [-0.3, -0.25) is 9.59 Å². The zero-order valence-corrected chi connectivity index (χ0v) is 37.8. The molecule has 1 aliphatic carbocycles. The Morgan fingerprint density at radius 2 is 1.27 bits per heavy atom. The van der Waals surface area contributed by atoms with Crippen LogP contribution in [0.3, 0.4) is 0 Å². The Balaban J connectivity index is 0.696. The van der Waals surface area contributed by atoms with Crippen LogP contribution in [0.4, 0.5) is 0 Å². The monoisotopic (exact) mass is 856 g/mol. The standard InChI is InChI=1S/C52H50N6O2S2/c1-51(2)41-27-35(15-17-45(41)57-23-19-33(29-47(51)57)39-31-55(5)43-13-9-7-11-37(39)43)49(59)53-21-25-61-62-26-22-54-50(60)36-16-18-46-42(28-36)52(3,4)48-30-34(20-24-58(46)48)40-32-56(6)44-14-10-8-12-38(40)44/h7-20,23-24,27,29-32,42H,21-22,25-26,28H2,1-6H3/p+2. The van der Waals surface area contributed by atoms with Gasteiger partial charge in [-0.1, -0.05) is 58.0 Å². The second-order valence-corrected chi connectivity index (χ2v) is 20.7. The Morgan fingerprint density at radius 1 is 0.694 bits per heavy atom. The molecule has 1 atom stereocenters. The lowest BCUT2D eigenvalue weighted by atomic mass is 9.72. The number of carbonyl (C=O) groups is 2. The third-order valence-corrected chi connectivity index (χ3v) is 15.9. The minimum Gasteiger partial charge on any atom is -0.351 e. The van der Waals surface area contributed by atoms with Gasteiger partial charge in [0.25, 0.3) is 5.91 Å². The summed E-state index contributed by atoms with van der Waals surface area (Å²) < 4.78 is 8.97. The molecule has 312 valence electrons. The summed E-state index contributed by atoms with van der Waals surface area (Å²) in [6, 6.07) is 32.2. The Kier molecular flexibility index (Phi) is 10.1. The number of hydrogen-bond donors (Lipinski definition) is 2. The molecule has 10 heteroatoms. The molecule has 2 N–H and O–H groups in total. The van der Waals surface area contributed by atoms with E-state index < -0.39 is 0 Å². The molecule has 0 spiro atoms. The number of carbonyl (C=O) groups excluding carboxylic acids is 2. The minimum absolute atomic E-state index is 0.00985. The van der Waals surface area contributed by atoms with Crippen molar-refractivity contribution >= 4 is 60.9 Å². The van der Waals surface area contributed by atoms with E-state index in [2.05, 4.69) is 186 Å². The van der Waals surface area contributed by atoms with Crippen molar-refractivity contribution in [2.45, 2.75) is 44.9 Å². The molecule has 6 heterocycles. The average Bonchev–Trinajstić information content (AvgIpc) is 3.95. The zero-order valence-electron chi connectivity index (χ0n) is 36.2. The van der Waals surface area contributed by atoms with Gasteiger partial charge in [-0.05, 0) is 75.6 Å². The van der Waals surface area contributed by atoms with Crippen molar-refractivity contribution in [3.63, 3.8) is 0 Å². The first kappa shape index (κ1) is 40.2. The molecule has 0 fully saturated rings. The van der Waals surface area contributed by atoms with Crippen molar-refractivity contribution < 1.29 is 18.7 Å². The molecule has 4 aromatic heterocycles. The fourth-order valence-electron chi connectivity index (χ4n) is 10.1. The van der Waals surface area contributed by atoms with Crippen LogP contribution in [0.25, 0.3) is 55.4 Å². The maximum absolute atomic E-state index is 13.4. The number of hydrogen-bond acceptors (Lipinski definition) is 4. The molecule has 0 saturated heterocycles. The lowest BCUT2D eigenvalue weighted by molar-refractivity contribution is -0.599. The van der Waals surface area contributed by atoms with Gasteiger partial charge in [0.15, 0.2) is 29.5 Å². The molecule has 8 nitrogen and oxygen atoms in total. The Morgan fingerprint density at radius 3 is 1.92 bits per heavy atom. The van der Waals surface area contributed by atoms with Crippen molar-refractivity contribution in [1.82, 2.24) is 19.8 Å². The maximum atomic E-state index is 13.4. The van der Waals surface area contributed by atoms with E-state index in [4.69, 9.17) is 0 Å². The molecule has 7 aromatic rings. The summed E-state index contributed by atoms with van der Waals surface area (Å²) >= 11 is 0. The van der Waals surface area contributed by atoms with E-state index in [1.807, 2.05) is 12.1 Å². The van der Waals surface area contributed by atoms with Gasteiger partial charge in [0.1, 0.15) is 0 Å². The molecule has 1 unspecified atom stereocenters. The number of para-hydroxylation sites is 2. The van der Waals surface area contributed by atoms with Crippen LogP contribution in [0.2, 0.25) is 0 Å². The molecule has 3 aliphatic rings. The summed E-state index contributed by atoms with van der Waals surface area (Å²) in [5.41, 5.74) is 14.4. The third kappa shape index (κ3) is 6.70. The van der Waals surface area contributed by atoms with Crippen LogP contribution in [0.5, 0.6) is 0 Å². The molecule has 0 radical (unpaired) electrons. The van der Waals surface area contributed by atoms with E-state index in [9.17, 15) is 9.59 Å². The number of allylic oxidation sites excluding steroid dienone is 3. The van der Waals surface area contributed by atoms with Gasteiger partial charge < -0.3 is 19.8 Å². The normalized spacial score (nSPS) is 16.6. The highest BCUT2D eigenvalue weighted by Crippen LogP contribution is 2.47. The van der Waals surface area contributed by atoms with E-state index in [1.165, 1.54) is 61.1 Å². The quantitative estimate of drug-likeness (QED) is 0.0774. The predicted molar refractivity (Wildman–Crippen MR) is 254 cm³/mol. The number of amides is 2. The van der Waals surface area contributed by atoms with Crippen LogP contribution in [-0.4, -0.2) is 45.5 Å². The molecule has 2 aliphatic heterocycles. The Labute approximate surface area is 371 Å². The Hall–Kier alpha value is -5.84. The number of rotatable bonds is 11. The van der Waals surface area contributed by atoms with E-state index in [0.717, 1.165) is 28.3 Å². The predicted octanol–water partition coefficient (Wildman–Crippen LogP) is 9.21. The maximum Gasteiger partial charge on any atom is 0.251 e. The van der Waals surface area contributed by atoms with E-state index in [1.54, 1.807) is 21.6 Å². The van der Waals surface area contributed by atoms with Crippen LogP contribution < -0.4 is 19.8 Å². The van der Waals surface area contributed by atoms with Crippen molar-refractivity contribution in [1.29, 1.82) is 0 Å². The Bertz CT molecular complexity index is 3040. The van der Waals surface area contributed by atoms with Gasteiger partial charge >= 0.3 is 0 Å². The SMILES string of the molecule is Cn1cc(-c2cc[n+]3c(c2)C(C)(C)C2CC(C(=O)NCCSSCCNC(=O)c4ccc5c(c4)C(C)(C)c4cc(-c6cn(C)c7ccccc67)cc[n+]4-5)=CC=C23)c2ccccc21. The third-order valence-electron chi connectivity index (χ3n) is 13.5. The van der Waals surface area contributed by atoms with Gasteiger partial charge in [0, 0.05) is 137 Å². The highest BCUT2D eigenvalue weighted by Gasteiger charge is 2.52. The van der Waals surface area contributed by atoms with Gasteiger partial charge in [-0.15, -0.1) is 0 Å². The number of nitrogens with one attached hydrogen (secondary N) is 2. The van der Waals surface area contributed by atoms with Crippen LogP contribution in [-0.2, 0) is 29.7 Å². The molecule has 2 amide bonds. The van der Waals surface area contributed by atoms with Gasteiger partial charge in [-0.2, -0.15) is 9.13 Å². The lowest BCUT2D eigenvalue weighted by Crippen LogP contribution is -2.34. The molecule has 0 bridgehead atoms. The number of benzene rings is 3. The summed E-state index contributed by atoms with van der Waals surface area (Å²) in [6.45, 7) is 10.2. The topological polar surface area (TPSA) is 75.8 Å². The molecular formula is C52H52N6O2S2+2. The fourth-order valence-corrected chi connectivity index (χ4v) is 11.9. The van der Waals surface area contributed by atoms with Crippen LogP contribution in [0.15, 0.2) is 134 Å². The first-order chi connectivity index (χ1) is 29.9. The molecule has 0 saturated carbocycles. The smallest absolute Gasteiger partial charge is 0.251 e. The van der Waals surface area contributed by atoms with E-state index >= 15 is 0 Å². The average molecular weight is 857 g/mol. The fraction of sp³-hybridized carbons (Fsp3) is 0.269. The number of aromatic nitrogens is 4. The number of fused-ring (bicyclic) bond motifs is 8. The van der Waals surface area contributed by atoms with E-state index in [-0.39, 0.29) is 28.6 Å². The van der Waals surface area contributed by atoms with Crippen molar-refractivity contribution in [3.05, 3.63) is 156 Å². The largest absolute Gasteiger partial charge is 0.351 e. The summed E-state index contributed by atoms with van der Waals surface area (Å²) in [6.07, 6.45) is 13.7. The second-order valence-electron chi connectivity index (χ2n) is 18.0.